The van der Waals surface area contributed by atoms with Gasteiger partial charge < -0.3 is 24.8 Å². The Hall–Kier alpha value is -3.88. The molecular weight excluding hydrogens is 446 g/mol. The van der Waals surface area contributed by atoms with Crippen molar-refractivity contribution in [1.29, 1.82) is 0 Å². The fourth-order valence-corrected chi connectivity index (χ4v) is 3.95. The number of hydrogen-bond donors (Lipinski definition) is 2. The molecule has 1 atom stereocenters. The van der Waals surface area contributed by atoms with E-state index in [9.17, 15) is 9.90 Å². The second-order valence-corrected chi connectivity index (χ2v) is 8.96. The van der Waals surface area contributed by atoms with E-state index >= 15 is 0 Å². The number of benzene rings is 1. The Bertz CT molecular complexity index is 1170. The lowest BCUT2D eigenvalue weighted by Crippen LogP contribution is -2.41. The van der Waals surface area contributed by atoms with Gasteiger partial charge in [-0.05, 0) is 63.4 Å². The number of para-hydroxylation sites is 2. The van der Waals surface area contributed by atoms with E-state index in [2.05, 4.69) is 20.2 Å². The molecule has 2 N–H and O–H groups in total. The van der Waals surface area contributed by atoms with E-state index in [4.69, 9.17) is 14.5 Å². The van der Waals surface area contributed by atoms with Crippen LogP contribution in [0.5, 0.6) is 11.5 Å². The number of aliphatic carboxylic acids is 1. The molecule has 35 heavy (non-hydrogen) atoms. The number of pyridine rings is 1. The average Bonchev–Trinajstić information content (AvgIpc) is 2.86. The van der Waals surface area contributed by atoms with E-state index in [1.165, 1.54) is 0 Å². The Balaban J connectivity index is 1.46. The first kappa shape index (κ1) is 24.3. The second-order valence-electron chi connectivity index (χ2n) is 8.96. The van der Waals surface area contributed by atoms with Gasteiger partial charge in [0.2, 0.25) is 0 Å². The number of carboxylic acids is 1. The van der Waals surface area contributed by atoms with Crippen molar-refractivity contribution in [1.82, 2.24) is 15.0 Å². The van der Waals surface area contributed by atoms with E-state index in [0.717, 1.165) is 36.7 Å². The third kappa shape index (κ3) is 5.79. The molecule has 0 bridgehead atoms. The molecule has 0 spiro atoms. The summed E-state index contributed by atoms with van der Waals surface area (Å²) < 4.78 is 12.0. The first-order valence-electron chi connectivity index (χ1n) is 11.8. The number of hydrogen-bond acceptors (Lipinski definition) is 8. The summed E-state index contributed by atoms with van der Waals surface area (Å²) in [6, 6.07) is 11.2. The van der Waals surface area contributed by atoms with Crippen molar-refractivity contribution in [3.05, 3.63) is 60.6 Å². The van der Waals surface area contributed by atoms with Crippen LogP contribution in [-0.2, 0) is 10.2 Å². The van der Waals surface area contributed by atoms with Gasteiger partial charge in [0.05, 0.1) is 31.0 Å². The molecule has 0 saturated carbocycles. The lowest BCUT2D eigenvalue weighted by Gasteiger charge is -2.33. The number of nitrogens with zero attached hydrogens (tertiary/aromatic N) is 4. The summed E-state index contributed by atoms with van der Waals surface area (Å²) in [6.07, 6.45) is 6.86. The molecule has 1 unspecified atom stereocenters. The van der Waals surface area contributed by atoms with E-state index in [-0.39, 0.29) is 6.10 Å². The second kappa shape index (κ2) is 10.6. The van der Waals surface area contributed by atoms with Gasteiger partial charge >= 0.3 is 5.97 Å². The molecule has 1 saturated heterocycles. The molecule has 184 valence electrons. The smallest absolute Gasteiger partial charge is 0.313 e. The van der Waals surface area contributed by atoms with Crippen LogP contribution in [0.2, 0.25) is 0 Å². The normalized spacial score (nSPS) is 16.0. The van der Waals surface area contributed by atoms with Crippen LogP contribution in [0.25, 0.3) is 0 Å². The molecule has 1 aliphatic heterocycles. The van der Waals surface area contributed by atoms with E-state index in [1.807, 2.05) is 31.2 Å². The van der Waals surface area contributed by atoms with Crippen molar-refractivity contribution in [2.45, 2.75) is 45.1 Å². The van der Waals surface area contributed by atoms with Gasteiger partial charge in [0.15, 0.2) is 17.3 Å². The average molecular weight is 478 g/mol. The van der Waals surface area contributed by atoms with Crippen LogP contribution in [0.4, 0.5) is 17.5 Å². The van der Waals surface area contributed by atoms with E-state index < -0.39 is 11.4 Å². The number of carbonyl (C=O) groups is 1. The maximum Gasteiger partial charge on any atom is 0.313 e. The summed E-state index contributed by atoms with van der Waals surface area (Å²) in [5.74, 6) is 2.38. The number of aromatic nitrogens is 3. The van der Waals surface area contributed by atoms with Gasteiger partial charge in [0.1, 0.15) is 17.7 Å². The highest BCUT2D eigenvalue weighted by Crippen LogP contribution is 2.30. The lowest BCUT2D eigenvalue weighted by atomic mass is 9.85. The maximum absolute atomic E-state index is 11.6. The van der Waals surface area contributed by atoms with Crippen LogP contribution in [-0.4, -0.2) is 51.8 Å². The monoisotopic (exact) mass is 477 g/mol. The third-order valence-corrected chi connectivity index (χ3v) is 6.04. The van der Waals surface area contributed by atoms with Gasteiger partial charge in [-0.15, -0.1) is 0 Å². The quantitative estimate of drug-likeness (QED) is 0.463. The summed E-state index contributed by atoms with van der Waals surface area (Å²) in [6.45, 7) is 7.40. The molecule has 0 radical (unpaired) electrons. The molecule has 2 aromatic heterocycles. The largest absolute Gasteiger partial charge is 0.490 e. The van der Waals surface area contributed by atoms with Gasteiger partial charge in [-0.2, -0.15) is 0 Å². The summed E-state index contributed by atoms with van der Waals surface area (Å²) in [5.41, 5.74) is -0.383. The molecule has 4 rings (SSSR count). The van der Waals surface area contributed by atoms with Crippen LogP contribution >= 0.6 is 0 Å². The van der Waals surface area contributed by atoms with Crippen molar-refractivity contribution in [2.24, 2.45) is 0 Å². The van der Waals surface area contributed by atoms with Gasteiger partial charge in [-0.3, -0.25) is 9.78 Å². The van der Waals surface area contributed by atoms with Gasteiger partial charge in [0.25, 0.3) is 0 Å². The van der Waals surface area contributed by atoms with Gasteiger partial charge in [-0.25, -0.2) is 9.97 Å². The molecule has 3 heterocycles. The molecule has 9 nitrogen and oxygen atoms in total. The Morgan fingerprint density at radius 1 is 1.20 bits per heavy atom. The molecule has 0 aliphatic carbocycles. The summed E-state index contributed by atoms with van der Waals surface area (Å²) in [4.78, 5) is 27.2. The zero-order valence-electron chi connectivity index (χ0n) is 20.3. The topological polar surface area (TPSA) is 110 Å². The summed E-state index contributed by atoms with van der Waals surface area (Å²) in [5, 5.41) is 12.7. The number of ether oxygens (including phenoxy) is 2. The van der Waals surface area contributed by atoms with Crippen molar-refractivity contribution in [3.8, 4) is 11.5 Å². The highest BCUT2D eigenvalue weighted by molar-refractivity contribution is 5.80. The van der Waals surface area contributed by atoms with Crippen LogP contribution in [0.15, 0.2) is 55.0 Å². The fourth-order valence-electron chi connectivity index (χ4n) is 3.95. The lowest BCUT2D eigenvalue weighted by molar-refractivity contribution is -0.142. The van der Waals surface area contributed by atoms with Crippen LogP contribution in [0.1, 0.15) is 39.2 Å². The number of carboxylic acid groups (broad SMARTS) is 1. The number of piperidine rings is 1. The molecule has 3 aromatic rings. The van der Waals surface area contributed by atoms with E-state index in [1.54, 1.807) is 44.6 Å². The molecule has 1 aliphatic rings. The molecule has 1 fully saturated rings. The summed E-state index contributed by atoms with van der Waals surface area (Å²) in [7, 11) is 0. The fraction of sp³-hybridized carbons (Fsp3) is 0.385. The zero-order valence-corrected chi connectivity index (χ0v) is 20.3. The first-order valence-corrected chi connectivity index (χ1v) is 11.8. The van der Waals surface area contributed by atoms with Gasteiger partial charge in [0, 0.05) is 12.7 Å². The molecular formula is C26H31N5O4. The minimum Gasteiger partial charge on any atom is -0.490 e. The Labute approximate surface area is 205 Å². The van der Waals surface area contributed by atoms with Crippen LogP contribution in [0.3, 0.4) is 0 Å². The maximum atomic E-state index is 11.6. The zero-order chi connectivity index (χ0) is 24.8. The van der Waals surface area contributed by atoms with Crippen molar-refractivity contribution >= 4 is 23.4 Å². The predicted molar refractivity (Wildman–Crippen MR) is 134 cm³/mol. The minimum absolute atomic E-state index is 0.000342. The standard InChI is InChI=1S/C26H31N5O4/c1-4-34-20-9-5-6-10-21(20)35-19-8-7-13-31(17-19)24-16-27-15-23(30-24)29-22-14-18(11-12-28-22)26(2,3)25(32)33/h5-6,9-12,14-16,19H,4,7-8,13,17H2,1-3H3,(H,32,33)(H,28,29,30). The van der Waals surface area contributed by atoms with Crippen molar-refractivity contribution in [3.63, 3.8) is 0 Å². The van der Waals surface area contributed by atoms with Crippen molar-refractivity contribution in [2.75, 3.05) is 29.9 Å². The first-order chi connectivity index (χ1) is 16.9. The Morgan fingerprint density at radius 2 is 2.00 bits per heavy atom. The molecule has 1 aromatic carbocycles. The number of rotatable bonds is 9. The van der Waals surface area contributed by atoms with E-state index in [0.29, 0.717) is 30.4 Å². The summed E-state index contributed by atoms with van der Waals surface area (Å²) >= 11 is 0. The molecule has 0 amide bonds. The SMILES string of the molecule is CCOc1ccccc1OC1CCCN(c2cncc(Nc3cc(C(C)(C)C(=O)O)ccn3)n2)C1. The van der Waals surface area contributed by atoms with Crippen LogP contribution < -0.4 is 19.7 Å². The minimum atomic E-state index is -1.03. The highest BCUT2D eigenvalue weighted by atomic mass is 16.5. The third-order valence-electron chi connectivity index (χ3n) is 6.04. The predicted octanol–water partition coefficient (Wildman–Crippen LogP) is 4.42. The van der Waals surface area contributed by atoms with Crippen LogP contribution in [0, 0.1) is 0 Å². The van der Waals surface area contributed by atoms with Crippen molar-refractivity contribution < 1.29 is 19.4 Å². The number of anilines is 3. The molecule has 9 heteroatoms. The Morgan fingerprint density at radius 3 is 2.77 bits per heavy atom. The van der Waals surface area contributed by atoms with Gasteiger partial charge in [-0.1, -0.05) is 12.1 Å². The number of nitrogens with one attached hydrogen (secondary N) is 1. The highest BCUT2D eigenvalue weighted by Gasteiger charge is 2.30. The Kier molecular flexibility index (Phi) is 7.33.